The second kappa shape index (κ2) is 6.85. The molecule has 0 aliphatic heterocycles. The molecular weight excluding hydrogens is 268 g/mol. The summed E-state index contributed by atoms with van der Waals surface area (Å²) < 4.78 is 5.28. The van der Waals surface area contributed by atoms with Gasteiger partial charge in [0.05, 0.1) is 13.2 Å². The number of nitrogens with one attached hydrogen (secondary N) is 2. The number of carbonyl (C=O) groups excluding carboxylic acids is 1. The summed E-state index contributed by atoms with van der Waals surface area (Å²) in [5.41, 5.74) is 1.47. The molecule has 1 heterocycles. The topological polar surface area (TPSA) is 71.2 Å². The summed E-state index contributed by atoms with van der Waals surface area (Å²) in [6, 6.07) is 7.09. The Labute approximate surface area is 122 Å². The van der Waals surface area contributed by atoms with E-state index in [-0.39, 0.29) is 11.0 Å². The van der Waals surface area contributed by atoms with Crippen molar-refractivity contribution in [2.24, 2.45) is 0 Å². The highest BCUT2D eigenvalue weighted by molar-refractivity contribution is 5.97. The van der Waals surface area contributed by atoms with E-state index < -0.39 is 5.91 Å². The van der Waals surface area contributed by atoms with Crippen LogP contribution < -0.4 is 10.7 Å². The predicted octanol–water partition coefficient (Wildman–Crippen LogP) is 1.85. The summed E-state index contributed by atoms with van der Waals surface area (Å²) in [5.74, 6) is -0.402. The minimum Gasteiger partial charge on any atom is -0.375 e. The summed E-state index contributed by atoms with van der Waals surface area (Å²) in [5, 5.41) is 3.17. The molecule has 110 valence electrons. The van der Waals surface area contributed by atoms with Crippen LogP contribution in [0, 0.1) is 0 Å². The Kier molecular flexibility index (Phi) is 4.90. The number of H-pyrrole nitrogens is 1. The van der Waals surface area contributed by atoms with Gasteiger partial charge in [0.2, 0.25) is 5.43 Å². The maximum atomic E-state index is 12.2. The molecule has 2 aromatic rings. The largest absolute Gasteiger partial charge is 0.375 e. The monoisotopic (exact) mass is 286 g/mol. The SMILES string of the molecule is C=C(C)COCCNC(=O)c1c[nH]c2ccccc2c1=O. The van der Waals surface area contributed by atoms with E-state index in [0.717, 1.165) is 5.57 Å². The van der Waals surface area contributed by atoms with Gasteiger partial charge in [-0.2, -0.15) is 0 Å². The van der Waals surface area contributed by atoms with Crippen LogP contribution in [0.3, 0.4) is 0 Å². The maximum absolute atomic E-state index is 12.2. The first-order valence-corrected chi connectivity index (χ1v) is 6.70. The molecule has 0 bridgehead atoms. The smallest absolute Gasteiger partial charge is 0.256 e. The lowest BCUT2D eigenvalue weighted by molar-refractivity contribution is 0.0925. The molecule has 0 radical (unpaired) electrons. The van der Waals surface area contributed by atoms with E-state index >= 15 is 0 Å². The Morgan fingerprint density at radius 1 is 1.38 bits per heavy atom. The van der Waals surface area contributed by atoms with E-state index in [9.17, 15) is 9.59 Å². The normalized spacial score (nSPS) is 10.5. The van der Waals surface area contributed by atoms with Crippen LogP contribution in [0.25, 0.3) is 10.9 Å². The second-order valence-electron chi connectivity index (χ2n) is 4.84. The number of carbonyl (C=O) groups is 1. The van der Waals surface area contributed by atoms with Gasteiger partial charge in [0.15, 0.2) is 0 Å². The molecule has 0 saturated carbocycles. The van der Waals surface area contributed by atoms with Gasteiger partial charge in [-0.15, -0.1) is 0 Å². The fourth-order valence-electron chi connectivity index (χ4n) is 1.91. The van der Waals surface area contributed by atoms with Gasteiger partial charge in [0, 0.05) is 23.6 Å². The van der Waals surface area contributed by atoms with Gasteiger partial charge in [-0.1, -0.05) is 24.3 Å². The van der Waals surface area contributed by atoms with Gasteiger partial charge in [-0.25, -0.2) is 0 Å². The Morgan fingerprint density at radius 3 is 2.90 bits per heavy atom. The third-order valence-corrected chi connectivity index (χ3v) is 2.91. The van der Waals surface area contributed by atoms with Crippen molar-refractivity contribution in [1.82, 2.24) is 10.3 Å². The molecule has 5 nitrogen and oxygen atoms in total. The van der Waals surface area contributed by atoms with E-state index in [1.165, 1.54) is 6.20 Å². The molecule has 2 rings (SSSR count). The highest BCUT2D eigenvalue weighted by Crippen LogP contribution is 2.06. The zero-order valence-electron chi connectivity index (χ0n) is 11.9. The number of amides is 1. The van der Waals surface area contributed by atoms with Crippen LogP contribution in [-0.4, -0.2) is 30.6 Å². The number of aromatic nitrogens is 1. The Bertz CT molecular complexity index is 719. The molecule has 1 aromatic heterocycles. The Morgan fingerprint density at radius 2 is 2.14 bits per heavy atom. The van der Waals surface area contributed by atoms with Gasteiger partial charge < -0.3 is 15.0 Å². The number of para-hydroxylation sites is 1. The average molecular weight is 286 g/mol. The second-order valence-corrected chi connectivity index (χ2v) is 4.84. The van der Waals surface area contributed by atoms with Crippen molar-refractivity contribution in [3.8, 4) is 0 Å². The van der Waals surface area contributed by atoms with Gasteiger partial charge in [-0.3, -0.25) is 9.59 Å². The zero-order chi connectivity index (χ0) is 15.2. The average Bonchev–Trinajstić information content (AvgIpc) is 2.47. The van der Waals surface area contributed by atoms with Crippen molar-refractivity contribution in [3.05, 3.63) is 58.4 Å². The quantitative estimate of drug-likeness (QED) is 0.629. The van der Waals surface area contributed by atoms with Crippen LogP contribution in [0.2, 0.25) is 0 Å². The van der Waals surface area contributed by atoms with Crippen LogP contribution in [0.1, 0.15) is 17.3 Å². The number of aromatic amines is 1. The van der Waals surface area contributed by atoms with Crippen LogP contribution in [-0.2, 0) is 4.74 Å². The first kappa shape index (κ1) is 15.0. The lowest BCUT2D eigenvalue weighted by Crippen LogP contribution is -2.31. The molecule has 1 amide bonds. The number of hydrogen-bond acceptors (Lipinski definition) is 3. The molecule has 5 heteroatoms. The summed E-state index contributed by atoms with van der Waals surface area (Å²) in [7, 11) is 0. The molecule has 0 spiro atoms. The number of benzene rings is 1. The molecule has 0 unspecified atom stereocenters. The molecule has 21 heavy (non-hydrogen) atoms. The lowest BCUT2D eigenvalue weighted by Gasteiger charge is -2.07. The van der Waals surface area contributed by atoms with Gasteiger partial charge in [0.25, 0.3) is 5.91 Å². The van der Waals surface area contributed by atoms with E-state index in [2.05, 4.69) is 16.9 Å². The predicted molar refractivity (Wildman–Crippen MR) is 82.5 cm³/mol. The summed E-state index contributed by atoms with van der Waals surface area (Å²) >= 11 is 0. The van der Waals surface area contributed by atoms with E-state index in [4.69, 9.17) is 4.74 Å². The van der Waals surface area contributed by atoms with Crippen molar-refractivity contribution in [2.75, 3.05) is 19.8 Å². The lowest BCUT2D eigenvalue weighted by atomic mass is 10.1. The van der Waals surface area contributed by atoms with Crippen LogP contribution in [0.4, 0.5) is 0 Å². The summed E-state index contributed by atoms with van der Waals surface area (Å²) in [4.78, 5) is 27.2. The standard InChI is InChI=1S/C16H18N2O3/c1-11(2)10-21-8-7-17-16(20)13-9-18-14-6-4-3-5-12(14)15(13)19/h3-6,9H,1,7-8,10H2,2H3,(H,17,20)(H,18,19). The van der Waals surface area contributed by atoms with E-state index in [1.54, 1.807) is 18.2 Å². The zero-order valence-corrected chi connectivity index (χ0v) is 11.9. The fourth-order valence-corrected chi connectivity index (χ4v) is 1.91. The van der Waals surface area contributed by atoms with Gasteiger partial charge >= 0.3 is 0 Å². The van der Waals surface area contributed by atoms with Crippen molar-refractivity contribution in [3.63, 3.8) is 0 Å². The number of hydrogen-bond donors (Lipinski definition) is 2. The molecular formula is C16H18N2O3. The van der Waals surface area contributed by atoms with Crippen LogP contribution in [0.5, 0.6) is 0 Å². The fraction of sp³-hybridized carbons (Fsp3) is 0.250. The molecule has 1 aromatic carbocycles. The first-order valence-electron chi connectivity index (χ1n) is 6.70. The third kappa shape index (κ3) is 3.79. The number of rotatable bonds is 6. The molecule has 0 fully saturated rings. The molecule has 2 N–H and O–H groups in total. The van der Waals surface area contributed by atoms with Crippen molar-refractivity contribution in [2.45, 2.75) is 6.92 Å². The van der Waals surface area contributed by atoms with E-state index in [1.807, 2.05) is 13.0 Å². The molecule has 0 aliphatic carbocycles. The number of pyridine rings is 1. The van der Waals surface area contributed by atoms with Crippen molar-refractivity contribution in [1.29, 1.82) is 0 Å². The minimum absolute atomic E-state index is 0.105. The first-order chi connectivity index (χ1) is 10.1. The van der Waals surface area contributed by atoms with Gasteiger partial charge in [0.1, 0.15) is 5.56 Å². The molecule has 0 saturated heterocycles. The molecule has 0 aliphatic rings. The van der Waals surface area contributed by atoms with E-state index in [0.29, 0.717) is 30.7 Å². The number of ether oxygens (including phenoxy) is 1. The van der Waals surface area contributed by atoms with Crippen LogP contribution >= 0.6 is 0 Å². The molecule has 0 atom stereocenters. The third-order valence-electron chi connectivity index (χ3n) is 2.91. The number of fused-ring (bicyclic) bond motifs is 1. The Balaban J connectivity index is 2.01. The van der Waals surface area contributed by atoms with Crippen LogP contribution in [0.15, 0.2) is 47.4 Å². The van der Waals surface area contributed by atoms with Gasteiger partial charge in [-0.05, 0) is 19.1 Å². The maximum Gasteiger partial charge on any atom is 0.256 e. The van der Waals surface area contributed by atoms with Crippen molar-refractivity contribution >= 4 is 16.8 Å². The summed E-state index contributed by atoms with van der Waals surface area (Å²) in [6.07, 6.45) is 1.44. The highest BCUT2D eigenvalue weighted by Gasteiger charge is 2.11. The Hall–Kier alpha value is -2.40. The van der Waals surface area contributed by atoms with Crippen molar-refractivity contribution < 1.29 is 9.53 Å². The summed E-state index contributed by atoms with van der Waals surface area (Å²) in [6.45, 7) is 6.78. The minimum atomic E-state index is -0.402. The highest BCUT2D eigenvalue weighted by atomic mass is 16.5.